The van der Waals surface area contributed by atoms with Crippen molar-refractivity contribution in [1.29, 1.82) is 0 Å². The lowest BCUT2D eigenvalue weighted by molar-refractivity contribution is 0.117. The van der Waals surface area contributed by atoms with E-state index in [1.54, 1.807) is 7.11 Å². The van der Waals surface area contributed by atoms with Crippen LogP contribution < -0.4 is 10.5 Å². The predicted molar refractivity (Wildman–Crippen MR) is 88.6 cm³/mol. The molecule has 0 aliphatic carbocycles. The fourth-order valence-electron chi connectivity index (χ4n) is 3.60. The Morgan fingerprint density at radius 2 is 1.95 bits per heavy atom. The molecule has 1 aromatic rings. The van der Waals surface area contributed by atoms with Crippen molar-refractivity contribution >= 4 is 0 Å². The van der Waals surface area contributed by atoms with Gasteiger partial charge in [0.2, 0.25) is 0 Å². The quantitative estimate of drug-likeness (QED) is 0.898. The molecule has 0 aromatic heterocycles. The van der Waals surface area contributed by atoms with Gasteiger partial charge in [-0.25, -0.2) is 0 Å². The first-order chi connectivity index (χ1) is 10.2. The fraction of sp³-hybridized carbons (Fsp3) is 0.667. The molecule has 1 heterocycles. The Bertz CT molecular complexity index is 416. The van der Waals surface area contributed by atoms with Crippen molar-refractivity contribution in [2.45, 2.75) is 64.1 Å². The van der Waals surface area contributed by atoms with Crippen LogP contribution in [0.15, 0.2) is 24.3 Å². The number of ether oxygens (including phenoxy) is 1. The SMILES string of the molecule is CCC1CCCCCN1C(c1ccc(OC)cc1)C(C)N. The summed E-state index contributed by atoms with van der Waals surface area (Å²) in [5.41, 5.74) is 7.68. The molecule has 0 spiro atoms. The first-order valence-electron chi connectivity index (χ1n) is 8.32. The maximum absolute atomic E-state index is 6.37. The Morgan fingerprint density at radius 1 is 1.24 bits per heavy atom. The molecule has 3 heteroatoms. The largest absolute Gasteiger partial charge is 0.497 e. The fourth-order valence-corrected chi connectivity index (χ4v) is 3.60. The Kier molecular flexibility index (Phi) is 6.07. The van der Waals surface area contributed by atoms with Crippen LogP contribution in [0.5, 0.6) is 5.75 Å². The van der Waals surface area contributed by atoms with E-state index in [4.69, 9.17) is 10.5 Å². The lowest BCUT2D eigenvalue weighted by Crippen LogP contribution is -2.44. The van der Waals surface area contributed by atoms with Gasteiger partial charge in [-0.3, -0.25) is 4.90 Å². The van der Waals surface area contributed by atoms with Crippen molar-refractivity contribution in [2.24, 2.45) is 5.73 Å². The van der Waals surface area contributed by atoms with E-state index in [1.165, 1.54) is 37.7 Å². The van der Waals surface area contributed by atoms with Crippen LogP contribution in [-0.4, -0.2) is 30.6 Å². The van der Waals surface area contributed by atoms with Crippen LogP contribution in [0, 0.1) is 0 Å². The van der Waals surface area contributed by atoms with Crippen LogP contribution in [0.2, 0.25) is 0 Å². The van der Waals surface area contributed by atoms with Crippen LogP contribution >= 0.6 is 0 Å². The van der Waals surface area contributed by atoms with Crippen LogP contribution in [0.25, 0.3) is 0 Å². The first kappa shape index (κ1) is 16.3. The van der Waals surface area contributed by atoms with Gasteiger partial charge in [-0.2, -0.15) is 0 Å². The molecule has 3 unspecified atom stereocenters. The Balaban J connectivity index is 2.26. The summed E-state index contributed by atoms with van der Waals surface area (Å²) < 4.78 is 5.27. The number of likely N-dealkylation sites (tertiary alicyclic amines) is 1. The van der Waals surface area contributed by atoms with E-state index in [2.05, 4.69) is 30.9 Å². The highest BCUT2D eigenvalue weighted by Gasteiger charge is 2.30. The van der Waals surface area contributed by atoms with Gasteiger partial charge in [-0.05, 0) is 50.4 Å². The van der Waals surface area contributed by atoms with Gasteiger partial charge in [-0.15, -0.1) is 0 Å². The minimum atomic E-state index is 0.130. The first-order valence-corrected chi connectivity index (χ1v) is 8.32. The smallest absolute Gasteiger partial charge is 0.118 e. The van der Waals surface area contributed by atoms with Crippen molar-refractivity contribution in [3.8, 4) is 5.75 Å². The molecule has 3 atom stereocenters. The third kappa shape index (κ3) is 3.98. The zero-order valence-electron chi connectivity index (χ0n) is 13.7. The minimum Gasteiger partial charge on any atom is -0.497 e. The summed E-state index contributed by atoms with van der Waals surface area (Å²) in [7, 11) is 1.71. The second kappa shape index (κ2) is 7.81. The summed E-state index contributed by atoms with van der Waals surface area (Å²) in [6.45, 7) is 5.60. The average Bonchev–Trinajstić information content (AvgIpc) is 2.73. The van der Waals surface area contributed by atoms with E-state index in [0.717, 1.165) is 12.3 Å². The van der Waals surface area contributed by atoms with E-state index in [1.807, 2.05) is 12.1 Å². The highest BCUT2D eigenvalue weighted by molar-refractivity contribution is 5.30. The van der Waals surface area contributed by atoms with Crippen LogP contribution in [0.1, 0.15) is 57.6 Å². The van der Waals surface area contributed by atoms with Crippen molar-refractivity contribution in [2.75, 3.05) is 13.7 Å². The zero-order valence-corrected chi connectivity index (χ0v) is 13.7. The maximum atomic E-state index is 6.37. The molecular formula is C18H30N2O. The monoisotopic (exact) mass is 290 g/mol. The molecule has 0 amide bonds. The third-order valence-electron chi connectivity index (χ3n) is 4.71. The standard InChI is InChI=1S/C18H30N2O/c1-4-16-8-6-5-7-13-20(16)18(14(2)19)15-9-11-17(21-3)12-10-15/h9-12,14,16,18H,4-8,13,19H2,1-3H3. The van der Waals surface area contributed by atoms with Gasteiger partial charge in [0.1, 0.15) is 5.75 Å². The molecule has 0 saturated carbocycles. The van der Waals surface area contributed by atoms with E-state index in [9.17, 15) is 0 Å². The number of nitrogens with zero attached hydrogens (tertiary/aromatic N) is 1. The van der Waals surface area contributed by atoms with Crippen LogP contribution in [0.4, 0.5) is 0 Å². The second-order valence-corrected chi connectivity index (χ2v) is 6.23. The topological polar surface area (TPSA) is 38.5 Å². The van der Waals surface area contributed by atoms with Crippen LogP contribution in [-0.2, 0) is 0 Å². The van der Waals surface area contributed by atoms with E-state index >= 15 is 0 Å². The molecule has 1 aliphatic rings. The summed E-state index contributed by atoms with van der Waals surface area (Å²) in [5.74, 6) is 0.907. The van der Waals surface area contributed by atoms with Gasteiger partial charge in [0, 0.05) is 18.1 Å². The Labute approximate surface area is 129 Å². The molecule has 21 heavy (non-hydrogen) atoms. The number of methoxy groups -OCH3 is 1. The summed E-state index contributed by atoms with van der Waals surface area (Å²) in [4.78, 5) is 2.65. The van der Waals surface area contributed by atoms with E-state index in [0.29, 0.717) is 12.1 Å². The van der Waals surface area contributed by atoms with Crippen molar-refractivity contribution in [3.05, 3.63) is 29.8 Å². The second-order valence-electron chi connectivity index (χ2n) is 6.23. The summed E-state index contributed by atoms with van der Waals surface area (Å²) in [6, 6.07) is 9.53. The summed E-state index contributed by atoms with van der Waals surface area (Å²) in [6.07, 6.45) is 6.50. The average molecular weight is 290 g/mol. The predicted octanol–water partition coefficient (Wildman–Crippen LogP) is 3.74. The molecule has 1 fully saturated rings. The lowest BCUT2D eigenvalue weighted by atomic mass is 9.96. The molecule has 3 nitrogen and oxygen atoms in total. The number of hydrogen-bond acceptors (Lipinski definition) is 3. The highest BCUT2D eigenvalue weighted by Crippen LogP contribution is 2.32. The molecule has 118 valence electrons. The van der Waals surface area contributed by atoms with Gasteiger partial charge in [-0.1, -0.05) is 31.9 Å². The van der Waals surface area contributed by atoms with Gasteiger partial charge in [0.25, 0.3) is 0 Å². The zero-order chi connectivity index (χ0) is 15.2. The molecule has 2 rings (SSSR count). The number of benzene rings is 1. The molecular weight excluding hydrogens is 260 g/mol. The van der Waals surface area contributed by atoms with Gasteiger partial charge >= 0.3 is 0 Å². The molecule has 1 aromatic carbocycles. The molecule has 0 radical (unpaired) electrons. The van der Waals surface area contributed by atoms with Crippen molar-refractivity contribution in [1.82, 2.24) is 4.90 Å². The summed E-state index contributed by atoms with van der Waals surface area (Å²) >= 11 is 0. The van der Waals surface area contributed by atoms with Gasteiger partial charge in [0.05, 0.1) is 7.11 Å². The van der Waals surface area contributed by atoms with Crippen LogP contribution in [0.3, 0.4) is 0 Å². The molecule has 0 bridgehead atoms. The van der Waals surface area contributed by atoms with Gasteiger partial charge in [0.15, 0.2) is 0 Å². The van der Waals surface area contributed by atoms with E-state index in [-0.39, 0.29) is 6.04 Å². The van der Waals surface area contributed by atoms with E-state index < -0.39 is 0 Å². The highest BCUT2D eigenvalue weighted by atomic mass is 16.5. The number of nitrogens with two attached hydrogens (primary N) is 1. The van der Waals surface area contributed by atoms with Gasteiger partial charge < -0.3 is 10.5 Å². The molecule has 2 N–H and O–H groups in total. The van der Waals surface area contributed by atoms with Crippen molar-refractivity contribution in [3.63, 3.8) is 0 Å². The minimum absolute atomic E-state index is 0.130. The van der Waals surface area contributed by atoms with Crippen molar-refractivity contribution < 1.29 is 4.74 Å². The number of hydrogen-bond donors (Lipinski definition) is 1. The summed E-state index contributed by atoms with van der Waals surface area (Å²) in [5, 5.41) is 0. The Hall–Kier alpha value is -1.06. The Morgan fingerprint density at radius 3 is 2.52 bits per heavy atom. The molecule has 1 saturated heterocycles. The molecule has 1 aliphatic heterocycles. The number of rotatable bonds is 5. The normalized spacial score (nSPS) is 23.3. The third-order valence-corrected chi connectivity index (χ3v) is 4.71. The lowest BCUT2D eigenvalue weighted by Gasteiger charge is -2.39. The maximum Gasteiger partial charge on any atom is 0.118 e.